The summed E-state index contributed by atoms with van der Waals surface area (Å²) < 4.78 is 7.97. The highest BCUT2D eigenvalue weighted by Gasteiger charge is 2.15. The number of fused-ring (bicyclic) bond motifs is 1. The smallest absolute Gasteiger partial charge is 0.348 e. The van der Waals surface area contributed by atoms with Crippen LogP contribution in [0.3, 0.4) is 0 Å². The number of rotatable bonds is 2. The van der Waals surface area contributed by atoms with E-state index in [9.17, 15) is 9.59 Å². The molecule has 2 heterocycles. The van der Waals surface area contributed by atoms with E-state index in [4.69, 9.17) is 4.74 Å². The lowest BCUT2D eigenvalue weighted by molar-refractivity contribution is 0.0532. The maximum Gasteiger partial charge on any atom is 0.348 e. The second kappa shape index (κ2) is 6.86. The Labute approximate surface area is 124 Å². The van der Waals surface area contributed by atoms with Gasteiger partial charge in [0.05, 0.1) is 21.2 Å². The molecule has 0 atom stereocenters. The van der Waals surface area contributed by atoms with E-state index in [0.717, 1.165) is 9.17 Å². The zero-order chi connectivity index (χ0) is 14.6. The number of aromatic nitrogens is 1. The van der Waals surface area contributed by atoms with Gasteiger partial charge in [0, 0.05) is 13.2 Å². The Bertz CT molecular complexity index is 645. The standard InChI is InChI=1S/C11H10BrNO3S.C2H6/c1-3-16-11(15)8-4-6-9(17-8)7(12)5-13(2)10(6)14;1-2/h4-5H,3H2,1-2H3;1-2H3. The molecule has 0 spiro atoms. The van der Waals surface area contributed by atoms with Crippen molar-refractivity contribution in [3.05, 3.63) is 32.0 Å². The first-order chi connectivity index (χ1) is 9.04. The highest BCUT2D eigenvalue weighted by atomic mass is 79.9. The number of hydrogen-bond acceptors (Lipinski definition) is 4. The fourth-order valence-electron chi connectivity index (χ4n) is 1.51. The molecule has 0 bridgehead atoms. The van der Waals surface area contributed by atoms with Crippen molar-refractivity contribution in [3.63, 3.8) is 0 Å². The van der Waals surface area contributed by atoms with Crippen LogP contribution in [0.1, 0.15) is 30.4 Å². The summed E-state index contributed by atoms with van der Waals surface area (Å²) in [7, 11) is 1.67. The average molecular weight is 346 g/mol. The molecule has 104 valence electrons. The van der Waals surface area contributed by atoms with Gasteiger partial charge in [0.1, 0.15) is 4.88 Å². The maximum atomic E-state index is 11.9. The molecule has 4 nitrogen and oxygen atoms in total. The summed E-state index contributed by atoms with van der Waals surface area (Å²) in [6.45, 7) is 6.08. The molecule has 0 aliphatic heterocycles. The molecule has 19 heavy (non-hydrogen) atoms. The average Bonchev–Trinajstić information content (AvgIpc) is 2.84. The highest BCUT2D eigenvalue weighted by Crippen LogP contribution is 2.30. The van der Waals surface area contributed by atoms with E-state index in [1.165, 1.54) is 15.9 Å². The van der Waals surface area contributed by atoms with E-state index in [-0.39, 0.29) is 11.5 Å². The Kier molecular flexibility index (Phi) is 5.75. The van der Waals surface area contributed by atoms with Crippen LogP contribution in [0.2, 0.25) is 0 Å². The van der Waals surface area contributed by atoms with Gasteiger partial charge in [-0.1, -0.05) is 13.8 Å². The van der Waals surface area contributed by atoms with Crippen LogP contribution >= 0.6 is 27.3 Å². The van der Waals surface area contributed by atoms with Crippen molar-refractivity contribution < 1.29 is 9.53 Å². The summed E-state index contributed by atoms with van der Waals surface area (Å²) in [5.74, 6) is -0.386. The van der Waals surface area contributed by atoms with Gasteiger partial charge in [0.2, 0.25) is 0 Å². The third kappa shape index (κ3) is 3.25. The molecule has 2 rings (SSSR count). The normalized spacial score (nSPS) is 9.95. The summed E-state index contributed by atoms with van der Waals surface area (Å²) in [4.78, 5) is 23.9. The van der Waals surface area contributed by atoms with E-state index in [1.807, 2.05) is 13.8 Å². The third-order valence-electron chi connectivity index (χ3n) is 2.28. The fraction of sp³-hybridized carbons (Fsp3) is 0.385. The molecule has 0 unspecified atom stereocenters. The number of aryl methyl sites for hydroxylation is 1. The minimum absolute atomic E-state index is 0.116. The van der Waals surface area contributed by atoms with E-state index < -0.39 is 0 Å². The van der Waals surface area contributed by atoms with Crippen molar-refractivity contribution in [3.8, 4) is 0 Å². The molecule has 2 aromatic heterocycles. The molecule has 0 saturated carbocycles. The monoisotopic (exact) mass is 345 g/mol. The summed E-state index contributed by atoms with van der Waals surface area (Å²) in [5.41, 5.74) is -0.116. The summed E-state index contributed by atoms with van der Waals surface area (Å²) in [5, 5.41) is 0.537. The number of carbonyl (C=O) groups excluding carboxylic acids is 1. The lowest BCUT2D eigenvalue weighted by Gasteiger charge is -1.98. The Balaban J connectivity index is 0.000000861. The first-order valence-corrected chi connectivity index (χ1v) is 7.61. The quantitative estimate of drug-likeness (QED) is 0.781. The number of pyridine rings is 1. The number of ether oxygens (including phenoxy) is 1. The van der Waals surface area contributed by atoms with E-state index in [2.05, 4.69) is 15.9 Å². The van der Waals surface area contributed by atoms with Gasteiger partial charge < -0.3 is 9.30 Å². The minimum Gasteiger partial charge on any atom is -0.462 e. The Morgan fingerprint density at radius 1 is 1.47 bits per heavy atom. The minimum atomic E-state index is -0.386. The van der Waals surface area contributed by atoms with Crippen molar-refractivity contribution in [1.82, 2.24) is 4.57 Å². The number of nitrogens with zero attached hydrogens (tertiary/aromatic N) is 1. The van der Waals surface area contributed by atoms with Crippen LogP contribution in [0.4, 0.5) is 0 Å². The van der Waals surface area contributed by atoms with Crippen LogP contribution in [-0.2, 0) is 11.8 Å². The lowest BCUT2D eigenvalue weighted by atomic mass is 10.3. The predicted octanol–water partition coefficient (Wildman–Crippen LogP) is 3.57. The molecule has 6 heteroatoms. The number of halogens is 1. The second-order valence-corrected chi connectivity index (χ2v) is 5.37. The molecular formula is C13H16BrNO3S. The Morgan fingerprint density at radius 2 is 2.11 bits per heavy atom. The van der Waals surface area contributed by atoms with E-state index in [0.29, 0.717) is 16.9 Å². The second-order valence-electron chi connectivity index (χ2n) is 3.47. The van der Waals surface area contributed by atoms with Crippen molar-refractivity contribution >= 4 is 43.3 Å². The zero-order valence-electron chi connectivity index (χ0n) is 11.3. The van der Waals surface area contributed by atoms with Crippen molar-refractivity contribution in [2.24, 2.45) is 7.05 Å². The van der Waals surface area contributed by atoms with Gasteiger partial charge >= 0.3 is 5.97 Å². The highest BCUT2D eigenvalue weighted by molar-refractivity contribution is 9.10. The molecular weight excluding hydrogens is 330 g/mol. The number of hydrogen-bond donors (Lipinski definition) is 0. The van der Waals surface area contributed by atoms with Crippen LogP contribution < -0.4 is 5.56 Å². The molecule has 0 N–H and O–H groups in total. The molecule has 0 saturated heterocycles. The van der Waals surface area contributed by atoms with Gasteiger partial charge in [0.25, 0.3) is 5.56 Å². The third-order valence-corrected chi connectivity index (χ3v) is 4.30. The molecule has 0 fully saturated rings. The van der Waals surface area contributed by atoms with Crippen molar-refractivity contribution in [2.45, 2.75) is 20.8 Å². The topological polar surface area (TPSA) is 48.3 Å². The van der Waals surface area contributed by atoms with Crippen molar-refractivity contribution in [1.29, 1.82) is 0 Å². The molecule has 0 aliphatic carbocycles. The van der Waals surface area contributed by atoms with Crippen LogP contribution in [0.15, 0.2) is 21.5 Å². The van der Waals surface area contributed by atoms with Gasteiger partial charge in [-0.3, -0.25) is 4.79 Å². The molecule has 2 aromatic rings. The SMILES string of the molecule is CC.CCOC(=O)c1cc2c(=O)n(C)cc(Br)c2s1. The number of carbonyl (C=O) groups is 1. The van der Waals surface area contributed by atoms with Crippen LogP contribution in [0.25, 0.3) is 10.1 Å². The van der Waals surface area contributed by atoms with Gasteiger partial charge in [-0.2, -0.15) is 0 Å². The zero-order valence-corrected chi connectivity index (χ0v) is 13.7. The van der Waals surface area contributed by atoms with Crippen molar-refractivity contribution in [2.75, 3.05) is 6.61 Å². The first kappa shape index (κ1) is 15.9. The fourth-order valence-corrected chi connectivity index (χ4v) is 3.22. The van der Waals surface area contributed by atoms with Gasteiger partial charge in [-0.15, -0.1) is 11.3 Å². The maximum absolute atomic E-state index is 11.9. The first-order valence-electron chi connectivity index (χ1n) is 6.00. The predicted molar refractivity (Wildman–Crippen MR) is 82.1 cm³/mol. The van der Waals surface area contributed by atoms with Gasteiger partial charge in [0.15, 0.2) is 0 Å². The Hall–Kier alpha value is -1.14. The lowest BCUT2D eigenvalue weighted by Crippen LogP contribution is -2.15. The van der Waals surface area contributed by atoms with E-state index in [1.54, 1.807) is 26.2 Å². The molecule has 0 radical (unpaired) electrons. The number of esters is 1. The van der Waals surface area contributed by atoms with Crippen LogP contribution in [0, 0.1) is 0 Å². The van der Waals surface area contributed by atoms with Crippen LogP contribution in [-0.4, -0.2) is 17.1 Å². The summed E-state index contributed by atoms with van der Waals surface area (Å²) in [6, 6.07) is 1.59. The van der Waals surface area contributed by atoms with Crippen LogP contribution in [0.5, 0.6) is 0 Å². The largest absolute Gasteiger partial charge is 0.462 e. The van der Waals surface area contributed by atoms with Gasteiger partial charge in [-0.25, -0.2) is 4.79 Å². The molecule has 0 aromatic carbocycles. The molecule has 0 amide bonds. The molecule has 0 aliphatic rings. The Morgan fingerprint density at radius 3 is 2.68 bits per heavy atom. The van der Waals surface area contributed by atoms with E-state index >= 15 is 0 Å². The van der Waals surface area contributed by atoms with Gasteiger partial charge in [-0.05, 0) is 28.9 Å². The number of thiophene rings is 1. The summed E-state index contributed by atoms with van der Waals surface area (Å²) >= 11 is 4.64. The summed E-state index contributed by atoms with van der Waals surface area (Å²) in [6.07, 6.45) is 1.69.